The first-order valence-electron chi connectivity index (χ1n) is 7.44. The molecule has 0 saturated heterocycles. The van der Waals surface area contributed by atoms with Crippen LogP contribution in [-0.2, 0) is 9.53 Å². The number of benzene rings is 2. The molecule has 2 aromatic rings. The second-order valence-corrected chi connectivity index (χ2v) is 5.43. The van der Waals surface area contributed by atoms with E-state index in [1.54, 1.807) is 24.3 Å². The van der Waals surface area contributed by atoms with Crippen LogP contribution in [0, 0.1) is 0 Å². The summed E-state index contributed by atoms with van der Waals surface area (Å²) in [5.74, 6) is -1.67. The van der Waals surface area contributed by atoms with Crippen molar-refractivity contribution in [3.05, 3.63) is 58.6 Å². The minimum absolute atomic E-state index is 0.0730. The van der Waals surface area contributed by atoms with E-state index < -0.39 is 24.4 Å². The lowest BCUT2D eigenvalue weighted by molar-refractivity contribution is -0.123. The molecule has 26 heavy (non-hydrogen) atoms. The molecule has 2 amide bonds. The van der Waals surface area contributed by atoms with E-state index in [1.807, 2.05) is 0 Å². The monoisotopic (exact) mass is 377 g/mol. The molecule has 0 aliphatic rings. The van der Waals surface area contributed by atoms with Gasteiger partial charge in [-0.1, -0.05) is 23.7 Å². The van der Waals surface area contributed by atoms with E-state index in [2.05, 4.69) is 5.32 Å². The summed E-state index contributed by atoms with van der Waals surface area (Å²) in [5, 5.41) is 2.44. The SMILES string of the molecule is COc1ccccc1C(=O)NC(=O)COC(=O)c1cc(Cl)ccc1OC. The predicted octanol–water partition coefficient (Wildman–Crippen LogP) is 2.47. The lowest BCUT2D eigenvalue weighted by atomic mass is 10.2. The Kier molecular flexibility index (Phi) is 6.57. The number of ether oxygens (including phenoxy) is 3. The van der Waals surface area contributed by atoms with E-state index >= 15 is 0 Å². The topological polar surface area (TPSA) is 90.9 Å². The number of amides is 2. The highest BCUT2D eigenvalue weighted by Gasteiger charge is 2.18. The molecule has 0 radical (unpaired) electrons. The number of carbonyl (C=O) groups excluding carboxylic acids is 3. The molecule has 0 unspecified atom stereocenters. The summed E-state index contributed by atoms with van der Waals surface area (Å²) in [6.45, 7) is -0.643. The van der Waals surface area contributed by atoms with Crippen LogP contribution in [0.2, 0.25) is 5.02 Å². The van der Waals surface area contributed by atoms with E-state index in [0.717, 1.165) is 0 Å². The average molecular weight is 378 g/mol. The van der Waals surface area contributed by atoms with E-state index in [4.69, 9.17) is 25.8 Å². The molecular formula is C18H16ClNO6. The highest BCUT2D eigenvalue weighted by Crippen LogP contribution is 2.23. The van der Waals surface area contributed by atoms with Gasteiger partial charge in [-0.3, -0.25) is 14.9 Å². The molecule has 0 heterocycles. The Morgan fingerprint density at radius 1 is 0.962 bits per heavy atom. The van der Waals surface area contributed by atoms with Crippen LogP contribution in [0.4, 0.5) is 0 Å². The van der Waals surface area contributed by atoms with Crippen molar-refractivity contribution in [2.75, 3.05) is 20.8 Å². The molecule has 0 saturated carbocycles. The van der Waals surface area contributed by atoms with Crippen molar-refractivity contribution < 1.29 is 28.6 Å². The van der Waals surface area contributed by atoms with Gasteiger partial charge in [0.25, 0.3) is 11.8 Å². The summed E-state index contributed by atoms with van der Waals surface area (Å²) in [6, 6.07) is 10.8. The van der Waals surface area contributed by atoms with Gasteiger partial charge in [-0.25, -0.2) is 4.79 Å². The Morgan fingerprint density at radius 3 is 2.31 bits per heavy atom. The third-order valence-electron chi connectivity index (χ3n) is 3.32. The van der Waals surface area contributed by atoms with Crippen molar-refractivity contribution in [2.24, 2.45) is 0 Å². The number of halogens is 1. The van der Waals surface area contributed by atoms with E-state index in [1.165, 1.54) is 32.4 Å². The molecule has 0 bridgehead atoms. The molecule has 1 N–H and O–H groups in total. The van der Waals surface area contributed by atoms with Gasteiger partial charge in [0.2, 0.25) is 0 Å². The molecule has 0 fully saturated rings. The van der Waals surface area contributed by atoms with Crippen LogP contribution < -0.4 is 14.8 Å². The summed E-state index contributed by atoms with van der Waals surface area (Å²) in [4.78, 5) is 36.1. The molecule has 0 spiro atoms. The highest BCUT2D eigenvalue weighted by atomic mass is 35.5. The van der Waals surface area contributed by atoms with Crippen LogP contribution >= 0.6 is 11.6 Å². The van der Waals surface area contributed by atoms with Gasteiger partial charge in [-0.2, -0.15) is 0 Å². The Labute approximate surface area is 154 Å². The summed E-state index contributed by atoms with van der Waals surface area (Å²) in [7, 11) is 2.80. The Balaban J connectivity index is 1.97. The van der Waals surface area contributed by atoms with Crippen molar-refractivity contribution >= 4 is 29.4 Å². The average Bonchev–Trinajstić information content (AvgIpc) is 2.65. The molecular weight excluding hydrogens is 362 g/mol. The maximum atomic E-state index is 12.1. The minimum Gasteiger partial charge on any atom is -0.496 e. The van der Waals surface area contributed by atoms with Gasteiger partial charge < -0.3 is 14.2 Å². The number of carbonyl (C=O) groups is 3. The van der Waals surface area contributed by atoms with Gasteiger partial charge in [0.1, 0.15) is 17.1 Å². The number of rotatable bonds is 6. The maximum Gasteiger partial charge on any atom is 0.342 e. The Hall–Kier alpha value is -3.06. The molecule has 8 heteroatoms. The van der Waals surface area contributed by atoms with E-state index in [-0.39, 0.29) is 16.9 Å². The largest absolute Gasteiger partial charge is 0.496 e. The first-order chi connectivity index (χ1) is 12.5. The predicted molar refractivity (Wildman–Crippen MR) is 93.8 cm³/mol. The zero-order valence-corrected chi connectivity index (χ0v) is 14.8. The minimum atomic E-state index is -0.802. The number of para-hydroxylation sites is 1. The molecule has 2 aromatic carbocycles. The molecule has 0 atom stereocenters. The number of hydrogen-bond acceptors (Lipinski definition) is 6. The normalized spacial score (nSPS) is 9.96. The highest BCUT2D eigenvalue weighted by molar-refractivity contribution is 6.31. The van der Waals surface area contributed by atoms with Crippen molar-refractivity contribution in [1.82, 2.24) is 5.32 Å². The van der Waals surface area contributed by atoms with Gasteiger partial charge in [-0.15, -0.1) is 0 Å². The van der Waals surface area contributed by atoms with Gasteiger partial charge in [0, 0.05) is 5.02 Å². The smallest absolute Gasteiger partial charge is 0.342 e. The molecule has 7 nitrogen and oxygen atoms in total. The number of nitrogens with one attached hydrogen (secondary N) is 1. The van der Waals surface area contributed by atoms with Gasteiger partial charge in [0.05, 0.1) is 19.8 Å². The van der Waals surface area contributed by atoms with Crippen LogP contribution in [0.3, 0.4) is 0 Å². The fourth-order valence-corrected chi connectivity index (χ4v) is 2.28. The van der Waals surface area contributed by atoms with Crippen molar-refractivity contribution in [1.29, 1.82) is 0 Å². The molecule has 2 rings (SSSR count). The van der Waals surface area contributed by atoms with Crippen LogP contribution in [0.15, 0.2) is 42.5 Å². The van der Waals surface area contributed by atoms with Gasteiger partial charge in [-0.05, 0) is 30.3 Å². The molecule has 0 aliphatic carbocycles. The number of imide groups is 1. The maximum absolute atomic E-state index is 12.1. The zero-order chi connectivity index (χ0) is 19.1. The number of methoxy groups -OCH3 is 2. The third kappa shape index (κ3) is 4.73. The second kappa shape index (κ2) is 8.87. The first-order valence-corrected chi connectivity index (χ1v) is 7.82. The van der Waals surface area contributed by atoms with Crippen LogP contribution in [0.25, 0.3) is 0 Å². The summed E-state index contributed by atoms with van der Waals surface area (Å²) in [6.07, 6.45) is 0. The fraction of sp³-hybridized carbons (Fsp3) is 0.167. The third-order valence-corrected chi connectivity index (χ3v) is 3.56. The van der Waals surface area contributed by atoms with E-state index in [9.17, 15) is 14.4 Å². The van der Waals surface area contributed by atoms with Crippen LogP contribution in [0.5, 0.6) is 11.5 Å². The van der Waals surface area contributed by atoms with Gasteiger partial charge >= 0.3 is 5.97 Å². The zero-order valence-electron chi connectivity index (χ0n) is 14.1. The first kappa shape index (κ1) is 19.3. The van der Waals surface area contributed by atoms with Crippen LogP contribution in [-0.4, -0.2) is 38.6 Å². The van der Waals surface area contributed by atoms with Crippen molar-refractivity contribution in [2.45, 2.75) is 0 Å². The van der Waals surface area contributed by atoms with Crippen molar-refractivity contribution in [3.8, 4) is 11.5 Å². The Bertz CT molecular complexity index is 836. The summed E-state index contributed by atoms with van der Waals surface area (Å²) < 4.78 is 15.0. The summed E-state index contributed by atoms with van der Waals surface area (Å²) in [5.41, 5.74) is 0.259. The quantitative estimate of drug-likeness (QED) is 0.778. The van der Waals surface area contributed by atoms with Gasteiger partial charge in [0.15, 0.2) is 6.61 Å². The lowest BCUT2D eigenvalue weighted by Gasteiger charge is -2.10. The lowest BCUT2D eigenvalue weighted by Crippen LogP contribution is -2.34. The van der Waals surface area contributed by atoms with E-state index in [0.29, 0.717) is 10.8 Å². The fourth-order valence-electron chi connectivity index (χ4n) is 2.11. The summed E-state index contributed by atoms with van der Waals surface area (Å²) >= 11 is 5.85. The Morgan fingerprint density at radius 2 is 1.62 bits per heavy atom. The van der Waals surface area contributed by atoms with Crippen LogP contribution in [0.1, 0.15) is 20.7 Å². The number of hydrogen-bond donors (Lipinski definition) is 1. The molecule has 136 valence electrons. The second-order valence-electron chi connectivity index (χ2n) is 5.00. The number of esters is 1. The van der Waals surface area contributed by atoms with Crippen molar-refractivity contribution in [3.63, 3.8) is 0 Å². The standard InChI is InChI=1S/C18H16ClNO6/c1-24-14-6-4-3-5-12(14)17(22)20-16(21)10-26-18(23)13-9-11(19)7-8-15(13)25-2/h3-9H,10H2,1-2H3,(H,20,21,22). The molecule has 0 aromatic heterocycles. The molecule has 0 aliphatic heterocycles.